The van der Waals surface area contributed by atoms with Gasteiger partial charge in [-0.05, 0) is 17.7 Å². The van der Waals surface area contributed by atoms with Crippen molar-refractivity contribution in [3.8, 4) is 5.75 Å². The van der Waals surface area contributed by atoms with Crippen LogP contribution in [0, 0.1) is 11.8 Å². The lowest BCUT2D eigenvalue weighted by atomic mass is 9.93. The smallest absolute Gasteiger partial charge is 0.125 e. The summed E-state index contributed by atoms with van der Waals surface area (Å²) in [6.45, 7) is 8.05. The fourth-order valence-electron chi connectivity index (χ4n) is 2.14. The predicted molar refractivity (Wildman–Crippen MR) is 85.3 cm³/mol. The van der Waals surface area contributed by atoms with E-state index in [4.69, 9.17) is 9.47 Å². The normalized spacial score (nSPS) is 15.4. The summed E-state index contributed by atoms with van der Waals surface area (Å²) in [7, 11) is 1.64. The summed E-state index contributed by atoms with van der Waals surface area (Å²) in [6, 6.07) is 7.73. The van der Waals surface area contributed by atoms with E-state index < -0.39 is 0 Å². The highest BCUT2D eigenvalue weighted by atomic mass is 16.5. The molecule has 3 nitrogen and oxygen atoms in total. The van der Waals surface area contributed by atoms with Crippen LogP contribution in [0.4, 0.5) is 0 Å². The van der Waals surface area contributed by atoms with Crippen molar-refractivity contribution in [2.75, 3.05) is 7.11 Å². The molecule has 0 spiro atoms. The maximum Gasteiger partial charge on any atom is 0.125 e. The van der Waals surface area contributed by atoms with Crippen molar-refractivity contribution in [1.82, 2.24) is 0 Å². The van der Waals surface area contributed by atoms with Crippen molar-refractivity contribution in [3.63, 3.8) is 0 Å². The Labute approximate surface area is 127 Å². The molecule has 114 valence electrons. The van der Waals surface area contributed by atoms with Crippen molar-refractivity contribution in [1.29, 1.82) is 0 Å². The minimum absolute atomic E-state index is 0.140. The molecule has 1 rings (SSSR count). The Morgan fingerprint density at radius 1 is 1.19 bits per heavy atom. The van der Waals surface area contributed by atoms with Gasteiger partial charge in [0.15, 0.2) is 0 Å². The molecule has 21 heavy (non-hydrogen) atoms. The monoisotopic (exact) mass is 288 g/mol. The lowest BCUT2D eigenvalue weighted by molar-refractivity contribution is -0.117. The van der Waals surface area contributed by atoms with Crippen LogP contribution in [0.2, 0.25) is 0 Å². The molecule has 0 aliphatic carbocycles. The molecule has 0 aliphatic heterocycles. The summed E-state index contributed by atoms with van der Waals surface area (Å²) >= 11 is 0. The fraction of sp³-hybridized carbons (Fsp3) is 0.389. The van der Waals surface area contributed by atoms with Crippen LogP contribution in [-0.2, 0) is 16.1 Å². The average Bonchev–Trinajstić information content (AvgIpc) is 2.53. The summed E-state index contributed by atoms with van der Waals surface area (Å²) in [5.74, 6) is 0.799. The first-order valence-corrected chi connectivity index (χ1v) is 7.11. The van der Waals surface area contributed by atoms with Crippen LogP contribution in [0.3, 0.4) is 0 Å². The molecule has 0 amide bonds. The summed E-state index contributed by atoms with van der Waals surface area (Å²) in [5, 5.41) is 0. The third-order valence-corrected chi connectivity index (χ3v) is 3.40. The number of carbonyl (C=O) groups excluding carboxylic acids is 1. The third kappa shape index (κ3) is 5.56. The highest BCUT2D eigenvalue weighted by Crippen LogP contribution is 2.20. The zero-order valence-electron chi connectivity index (χ0n) is 13.0. The minimum atomic E-state index is -0.160. The van der Waals surface area contributed by atoms with Crippen LogP contribution in [0.15, 0.2) is 49.1 Å². The first kappa shape index (κ1) is 17.2. The van der Waals surface area contributed by atoms with Gasteiger partial charge in [0.05, 0.1) is 19.8 Å². The van der Waals surface area contributed by atoms with Gasteiger partial charge in [-0.1, -0.05) is 50.8 Å². The van der Waals surface area contributed by atoms with E-state index in [9.17, 15) is 4.79 Å². The van der Waals surface area contributed by atoms with Crippen LogP contribution >= 0.6 is 0 Å². The Balaban J connectivity index is 2.69. The van der Waals surface area contributed by atoms with Gasteiger partial charge in [0.2, 0.25) is 0 Å². The number of benzene rings is 1. The quantitative estimate of drug-likeness (QED) is 0.512. The molecule has 0 saturated carbocycles. The Kier molecular flexibility index (Phi) is 7.48. The van der Waals surface area contributed by atoms with Crippen LogP contribution in [0.25, 0.3) is 0 Å². The first-order valence-electron chi connectivity index (χ1n) is 7.11. The topological polar surface area (TPSA) is 35.5 Å². The van der Waals surface area contributed by atoms with E-state index in [0.717, 1.165) is 17.6 Å². The second-order valence-electron chi connectivity index (χ2n) is 5.10. The zero-order chi connectivity index (χ0) is 15.7. The number of aldehydes is 1. The molecule has 3 heteroatoms. The maximum absolute atomic E-state index is 11.1. The van der Waals surface area contributed by atoms with Gasteiger partial charge in [-0.25, -0.2) is 0 Å². The summed E-state index contributed by atoms with van der Waals surface area (Å²) < 4.78 is 11.1. The lowest BCUT2D eigenvalue weighted by Gasteiger charge is -2.25. The number of methoxy groups -OCH3 is 1. The summed E-state index contributed by atoms with van der Waals surface area (Å²) in [4.78, 5) is 11.1. The average molecular weight is 288 g/mol. The molecular formula is C18H24O3. The van der Waals surface area contributed by atoms with Crippen molar-refractivity contribution >= 4 is 6.29 Å². The molecule has 0 bridgehead atoms. The molecule has 0 aliphatic rings. The zero-order valence-corrected chi connectivity index (χ0v) is 13.0. The highest BCUT2D eigenvalue weighted by molar-refractivity contribution is 5.54. The molecule has 0 saturated heterocycles. The van der Waals surface area contributed by atoms with Crippen molar-refractivity contribution in [3.05, 3.63) is 54.6 Å². The van der Waals surface area contributed by atoms with E-state index in [0.29, 0.717) is 6.61 Å². The van der Waals surface area contributed by atoms with Gasteiger partial charge in [-0.3, -0.25) is 0 Å². The number of ether oxygens (including phenoxy) is 2. The van der Waals surface area contributed by atoms with Gasteiger partial charge in [-0.2, -0.15) is 0 Å². The fourth-order valence-corrected chi connectivity index (χ4v) is 2.14. The highest BCUT2D eigenvalue weighted by Gasteiger charge is 2.22. The van der Waals surface area contributed by atoms with Crippen LogP contribution in [0.1, 0.15) is 19.4 Å². The molecular weight excluding hydrogens is 264 g/mol. The molecule has 0 aromatic heterocycles. The van der Waals surface area contributed by atoms with Gasteiger partial charge in [0.25, 0.3) is 0 Å². The SMILES string of the molecule is C=C/C=C\C(C)C(OCc1ccc(OC)cc1)C(C)C=O. The molecule has 0 fully saturated rings. The van der Waals surface area contributed by atoms with Gasteiger partial charge in [0.1, 0.15) is 12.0 Å². The van der Waals surface area contributed by atoms with Gasteiger partial charge >= 0.3 is 0 Å². The van der Waals surface area contributed by atoms with E-state index in [1.54, 1.807) is 13.2 Å². The molecule has 0 radical (unpaired) electrons. The number of hydrogen-bond donors (Lipinski definition) is 0. The second-order valence-corrected chi connectivity index (χ2v) is 5.10. The molecule has 1 aromatic rings. The number of rotatable bonds is 9. The summed E-state index contributed by atoms with van der Waals surface area (Å²) in [6.07, 6.45) is 6.40. The van der Waals surface area contributed by atoms with Gasteiger partial charge < -0.3 is 14.3 Å². The largest absolute Gasteiger partial charge is 0.497 e. The van der Waals surface area contributed by atoms with E-state index >= 15 is 0 Å². The predicted octanol–water partition coefficient (Wildman–Crippen LogP) is 3.79. The van der Waals surface area contributed by atoms with Crippen molar-refractivity contribution in [2.24, 2.45) is 11.8 Å². The van der Waals surface area contributed by atoms with Crippen molar-refractivity contribution in [2.45, 2.75) is 26.6 Å². The van der Waals surface area contributed by atoms with E-state index in [2.05, 4.69) is 6.58 Å². The number of allylic oxidation sites excluding steroid dienone is 2. The molecule has 3 atom stereocenters. The lowest BCUT2D eigenvalue weighted by Crippen LogP contribution is -2.29. The molecule has 0 heterocycles. The van der Waals surface area contributed by atoms with E-state index in [-0.39, 0.29) is 17.9 Å². The van der Waals surface area contributed by atoms with E-state index in [1.165, 1.54) is 0 Å². The minimum Gasteiger partial charge on any atom is -0.497 e. The Morgan fingerprint density at radius 3 is 2.38 bits per heavy atom. The molecule has 0 N–H and O–H groups in total. The van der Waals surface area contributed by atoms with Crippen LogP contribution < -0.4 is 4.74 Å². The Bertz CT molecular complexity index is 462. The van der Waals surface area contributed by atoms with Gasteiger partial charge in [-0.15, -0.1) is 0 Å². The van der Waals surface area contributed by atoms with Crippen molar-refractivity contribution < 1.29 is 14.3 Å². The van der Waals surface area contributed by atoms with Gasteiger partial charge in [0, 0.05) is 11.8 Å². The van der Waals surface area contributed by atoms with E-state index in [1.807, 2.05) is 50.3 Å². The molecule has 3 unspecified atom stereocenters. The Morgan fingerprint density at radius 2 is 1.86 bits per heavy atom. The second kappa shape index (κ2) is 9.14. The standard InChI is InChI=1S/C18H24O3/c1-5-6-7-14(2)18(15(3)12-19)21-13-16-8-10-17(20-4)11-9-16/h5-12,14-15,18H,1,13H2,2-4H3/b7-6-. The summed E-state index contributed by atoms with van der Waals surface area (Å²) in [5.41, 5.74) is 1.05. The number of carbonyl (C=O) groups is 1. The molecule has 1 aromatic carbocycles. The third-order valence-electron chi connectivity index (χ3n) is 3.40. The number of hydrogen-bond acceptors (Lipinski definition) is 3. The first-order chi connectivity index (χ1) is 10.1. The Hall–Kier alpha value is -1.87. The van der Waals surface area contributed by atoms with Crippen LogP contribution in [-0.4, -0.2) is 19.5 Å². The van der Waals surface area contributed by atoms with Crippen LogP contribution in [0.5, 0.6) is 5.75 Å². The maximum atomic E-state index is 11.1.